The molecule has 0 atom stereocenters. The molecule has 6 heteroatoms. The third kappa shape index (κ3) is 3.33. The first-order valence-electron chi connectivity index (χ1n) is 6.59. The highest BCUT2D eigenvalue weighted by Gasteiger charge is 2.11. The van der Waals surface area contributed by atoms with Gasteiger partial charge in [0.2, 0.25) is 11.8 Å². The van der Waals surface area contributed by atoms with Crippen molar-refractivity contribution in [3.05, 3.63) is 65.6 Å². The van der Waals surface area contributed by atoms with Gasteiger partial charge < -0.3 is 4.42 Å². The molecule has 2 aromatic carbocycles. The lowest BCUT2D eigenvalue weighted by Gasteiger charge is -2.00. The average molecular weight is 318 g/mol. The van der Waals surface area contributed by atoms with E-state index in [-0.39, 0.29) is 10.6 Å². The van der Waals surface area contributed by atoms with E-state index in [0.717, 1.165) is 41.1 Å². The number of aromatic nitrogens is 2. The van der Waals surface area contributed by atoms with Crippen LogP contribution in [-0.4, -0.2) is 10.2 Å². The molecule has 3 aromatic rings. The maximum absolute atomic E-state index is 13.5. The van der Waals surface area contributed by atoms with Crippen molar-refractivity contribution < 1.29 is 13.2 Å². The van der Waals surface area contributed by atoms with Crippen LogP contribution in [0.25, 0.3) is 11.5 Å². The Labute approximate surface area is 130 Å². The molecule has 0 fully saturated rings. The zero-order valence-corrected chi connectivity index (χ0v) is 12.5. The third-order valence-electron chi connectivity index (χ3n) is 2.98. The summed E-state index contributed by atoms with van der Waals surface area (Å²) in [5.74, 6) is 0.114. The van der Waals surface area contributed by atoms with Crippen molar-refractivity contribution in [2.45, 2.75) is 17.6 Å². The van der Waals surface area contributed by atoms with Gasteiger partial charge in [0.25, 0.3) is 0 Å². The molecule has 0 aliphatic heterocycles. The lowest BCUT2D eigenvalue weighted by Crippen LogP contribution is -1.86. The maximum Gasteiger partial charge on any atom is 0.247 e. The molecular formula is C16H12F2N2OS. The van der Waals surface area contributed by atoms with Gasteiger partial charge in [0.15, 0.2) is 0 Å². The lowest BCUT2D eigenvalue weighted by molar-refractivity contribution is 0.528. The summed E-state index contributed by atoms with van der Waals surface area (Å²) in [6.07, 6.45) is 0. The van der Waals surface area contributed by atoms with Gasteiger partial charge in [-0.2, -0.15) is 0 Å². The first kappa shape index (κ1) is 14.7. The fourth-order valence-corrected chi connectivity index (χ4v) is 2.73. The number of aryl methyl sites for hydroxylation is 1. The van der Waals surface area contributed by atoms with Crippen molar-refractivity contribution in [2.75, 3.05) is 0 Å². The number of halogens is 2. The average Bonchev–Trinajstić information content (AvgIpc) is 2.97. The summed E-state index contributed by atoms with van der Waals surface area (Å²) in [5.41, 5.74) is 1.93. The van der Waals surface area contributed by atoms with Crippen molar-refractivity contribution in [2.24, 2.45) is 0 Å². The topological polar surface area (TPSA) is 38.9 Å². The van der Waals surface area contributed by atoms with Crippen molar-refractivity contribution >= 4 is 11.8 Å². The number of benzene rings is 2. The van der Waals surface area contributed by atoms with Crippen LogP contribution in [0.5, 0.6) is 0 Å². The van der Waals surface area contributed by atoms with Crippen molar-refractivity contribution in [3.8, 4) is 11.5 Å². The molecular weight excluding hydrogens is 306 g/mol. The summed E-state index contributed by atoms with van der Waals surface area (Å²) >= 11 is 1.11. The van der Waals surface area contributed by atoms with Crippen LogP contribution in [0.3, 0.4) is 0 Å². The smallest absolute Gasteiger partial charge is 0.247 e. The standard InChI is InChI=1S/C16H12F2N2OS/c1-10-3-2-4-11(7-10)16-20-19-15(21-16)9-22-14-8-12(17)5-6-13(14)18/h2-8H,9H2,1H3. The van der Waals surface area contributed by atoms with Gasteiger partial charge in [-0.3, -0.25) is 0 Å². The fraction of sp³-hybridized carbons (Fsp3) is 0.125. The Bertz CT molecular complexity index is 804. The zero-order chi connectivity index (χ0) is 15.5. The molecule has 0 aliphatic carbocycles. The molecule has 0 spiro atoms. The molecule has 3 rings (SSSR count). The summed E-state index contributed by atoms with van der Waals surface area (Å²) in [7, 11) is 0. The van der Waals surface area contributed by atoms with Crippen LogP contribution in [-0.2, 0) is 5.75 Å². The van der Waals surface area contributed by atoms with E-state index in [0.29, 0.717) is 11.8 Å². The predicted octanol–water partition coefficient (Wildman–Crippen LogP) is 4.62. The Morgan fingerprint density at radius 1 is 1.09 bits per heavy atom. The summed E-state index contributed by atoms with van der Waals surface area (Å²) in [6.45, 7) is 1.98. The molecule has 0 unspecified atom stereocenters. The number of hydrogen-bond donors (Lipinski definition) is 0. The molecule has 1 aromatic heterocycles. The normalized spacial score (nSPS) is 10.9. The van der Waals surface area contributed by atoms with E-state index in [2.05, 4.69) is 10.2 Å². The van der Waals surface area contributed by atoms with Crippen molar-refractivity contribution in [1.29, 1.82) is 0 Å². The van der Waals surface area contributed by atoms with Gasteiger partial charge in [-0.15, -0.1) is 22.0 Å². The van der Waals surface area contributed by atoms with E-state index in [1.165, 1.54) is 0 Å². The van der Waals surface area contributed by atoms with Crippen LogP contribution in [0.15, 0.2) is 51.8 Å². The summed E-state index contributed by atoms with van der Waals surface area (Å²) < 4.78 is 32.2. The molecule has 22 heavy (non-hydrogen) atoms. The minimum atomic E-state index is -0.477. The van der Waals surface area contributed by atoms with Gasteiger partial charge in [0.05, 0.1) is 5.75 Å². The Hall–Kier alpha value is -2.21. The van der Waals surface area contributed by atoms with Crippen LogP contribution in [0.4, 0.5) is 8.78 Å². The lowest BCUT2D eigenvalue weighted by atomic mass is 10.1. The SMILES string of the molecule is Cc1cccc(-c2nnc(CSc3cc(F)ccc3F)o2)c1. The van der Waals surface area contributed by atoms with Gasteiger partial charge in [0.1, 0.15) is 11.6 Å². The van der Waals surface area contributed by atoms with Crippen LogP contribution in [0, 0.1) is 18.6 Å². The molecule has 0 radical (unpaired) electrons. The summed E-state index contributed by atoms with van der Waals surface area (Å²) in [4.78, 5) is 0.218. The number of nitrogens with zero attached hydrogens (tertiary/aromatic N) is 2. The molecule has 0 bridgehead atoms. The molecule has 0 saturated heterocycles. The summed E-state index contributed by atoms with van der Waals surface area (Å²) in [6, 6.07) is 11.0. The van der Waals surface area contributed by atoms with E-state index >= 15 is 0 Å². The molecule has 0 saturated carbocycles. The first-order valence-corrected chi connectivity index (χ1v) is 7.57. The highest BCUT2D eigenvalue weighted by Crippen LogP contribution is 2.27. The summed E-state index contributed by atoms with van der Waals surface area (Å²) in [5, 5.41) is 7.92. The quantitative estimate of drug-likeness (QED) is 0.658. The van der Waals surface area contributed by atoms with E-state index in [9.17, 15) is 8.78 Å². The fourth-order valence-electron chi connectivity index (χ4n) is 1.93. The Kier molecular flexibility index (Phi) is 4.20. The molecule has 0 amide bonds. The number of rotatable bonds is 4. The second-order valence-corrected chi connectivity index (χ2v) is 5.75. The van der Waals surface area contributed by atoms with Gasteiger partial charge in [0, 0.05) is 10.5 Å². The molecule has 0 aliphatic rings. The predicted molar refractivity (Wildman–Crippen MR) is 80.4 cm³/mol. The zero-order valence-electron chi connectivity index (χ0n) is 11.7. The van der Waals surface area contributed by atoms with Gasteiger partial charge in [-0.1, -0.05) is 17.7 Å². The van der Waals surface area contributed by atoms with Crippen molar-refractivity contribution in [3.63, 3.8) is 0 Å². The Morgan fingerprint density at radius 3 is 2.77 bits per heavy atom. The van der Waals surface area contributed by atoms with Crippen LogP contribution in [0.2, 0.25) is 0 Å². The largest absolute Gasteiger partial charge is 0.420 e. The van der Waals surface area contributed by atoms with Crippen molar-refractivity contribution in [1.82, 2.24) is 10.2 Å². The van der Waals surface area contributed by atoms with Crippen LogP contribution >= 0.6 is 11.8 Å². The van der Waals surface area contributed by atoms with Gasteiger partial charge in [-0.25, -0.2) is 8.78 Å². The highest BCUT2D eigenvalue weighted by molar-refractivity contribution is 7.98. The van der Waals surface area contributed by atoms with E-state index < -0.39 is 11.6 Å². The molecule has 3 nitrogen and oxygen atoms in total. The van der Waals surface area contributed by atoms with E-state index in [1.54, 1.807) is 0 Å². The number of thioether (sulfide) groups is 1. The van der Waals surface area contributed by atoms with Gasteiger partial charge >= 0.3 is 0 Å². The Morgan fingerprint density at radius 2 is 1.95 bits per heavy atom. The molecule has 0 N–H and O–H groups in total. The van der Waals surface area contributed by atoms with Crippen LogP contribution in [0.1, 0.15) is 11.5 Å². The van der Waals surface area contributed by atoms with E-state index in [4.69, 9.17) is 4.42 Å². The maximum atomic E-state index is 13.5. The van der Waals surface area contributed by atoms with E-state index in [1.807, 2.05) is 31.2 Å². The first-order chi connectivity index (χ1) is 10.6. The highest BCUT2D eigenvalue weighted by atomic mass is 32.2. The second-order valence-electron chi connectivity index (χ2n) is 4.73. The molecule has 1 heterocycles. The minimum Gasteiger partial charge on any atom is -0.420 e. The third-order valence-corrected chi connectivity index (χ3v) is 3.99. The van der Waals surface area contributed by atoms with Gasteiger partial charge in [-0.05, 0) is 37.3 Å². The molecule has 112 valence electrons. The minimum absolute atomic E-state index is 0.218. The van der Waals surface area contributed by atoms with Crippen LogP contribution < -0.4 is 0 Å². The Balaban J connectivity index is 1.73. The monoisotopic (exact) mass is 318 g/mol. The second kappa shape index (κ2) is 6.27. The number of hydrogen-bond acceptors (Lipinski definition) is 4.